The Morgan fingerprint density at radius 1 is 1.16 bits per heavy atom. The number of rotatable bonds is 4. The number of sulfonamides is 1. The number of aromatic nitrogens is 2. The zero-order valence-electron chi connectivity index (χ0n) is 14.7. The van der Waals surface area contributed by atoms with E-state index in [0.717, 1.165) is 17.9 Å². The van der Waals surface area contributed by atoms with Crippen LogP contribution in [0.5, 0.6) is 0 Å². The van der Waals surface area contributed by atoms with E-state index in [1.165, 1.54) is 15.9 Å². The summed E-state index contributed by atoms with van der Waals surface area (Å²) in [4.78, 5) is 2.54. The lowest BCUT2D eigenvalue weighted by molar-refractivity contribution is 0.181. The zero-order valence-corrected chi connectivity index (χ0v) is 16.3. The second kappa shape index (κ2) is 7.07. The summed E-state index contributed by atoms with van der Waals surface area (Å²) in [5.41, 5.74) is 3.43. The molecular formula is C17H23ClN4O2S. The molecule has 2 heterocycles. The van der Waals surface area contributed by atoms with Gasteiger partial charge in [-0.1, -0.05) is 17.7 Å². The van der Waals surface area contributed by atoms with Crippen LogP contribution >= 0.6 is 11.6 Å². The van der Waals surface area contributed by atoms with Gasteiger partial charge in [0.15, 0.2) is 0 Å². The summed E-state index contributed by atoms with van der Waals surface area (Å²) in [5, 5.41) is 4.88. The van der Waals surface area contributed by atoms with Crippen LogP contribution in [0.3, 0.4) is 0 Å². The summed E-state index contributed by atoms with van der Waals surface area (Å²) < 4.78 is 28.9. The first-order chi connectivity index (χ1) is 11.8. The van der Waals surface area contributed by atoms with Crippen molar-refractivity contribution < 1.29 is 8.42 Å². The highest BCUT2D eigenvalue weighted by Gasteiger charge is 2.29. The van der Waals surface area contributed by atoms with E-state index in [0.29, 0.717) is 31.2 Å². The van der Waals surface area contributed by atoms with Crippen molar-refractivity contribution in [2.75, 3.05) is 26.2 Å². The molecule has 1 aliphatic heterocycles. The van der Waals surface area contributed by atoms with Gasteiger partial charge in [-0.2, -0.15) is 9.40 Å². The first-order valence-electron chi connectivity index (χ1n) is 8.26. The molecule has 1 aliphatic rings. The third kappa shape index (κ3) is 3.74. The maximum Gasteiger partial charge on any atom is 0.243 e. The van der Waals surface area contributed by atoms with Gasteiger partial charge >= 0.3 is 0 Å². The first kappa shape index (κ1) is 18.4. The van der Waals surface area contributed by atoms with Crippen LogP contribution in [-0.2, 0) is 23.6 Å². The van der Waals surface area contributed by atoms with Crippen LogP contribution in [0.1, 0.15) is 17.0 Å². The van der Waals surface area contributed by atoms with Crippen molar-refractivity contribution in [3.8, 4) is 0 Å². The lowest BCUT2D eigenvalue weighted by atomic mass is 10.1. The Hall–Kier alpha value is -1.41. The molecule has 6 nitrogen and oxygen atoms in total. The van der Waals surface area contributed by atoms with Crippen molar-refractivity contribution >= 4 is 21.6 Å². The van der Waals surface area contributed by atoms with E-state index in [1.807, 2.05) is 18.7 Å². The fraction of sp³-hybridized carbons (Fsp3) is 0.471. The molecular weight excluding hydrogens is 360 g/mol. The predicted octanol–water partition coefficient (Wildman–Crippen LogP) is 2.20. The number of aryl methyl sites for hydroxylation is 2. The quantitative estimate of drug-likeness (QED) is 0.813. The minimum absolute atomic E-state index is 0.257. The molecule has 2 aromatic rings. The molecule has 136 valence electrons. The summed E-state index contributed by atoms with van der Waals surface area (Å²) in [6, 6.07) is 6.44. The highest BCUT2D eigenvalue weighted by molar-refractivity contribution is 7.89. The molecule has 1 saturated heterocycles. The van der Waals surface area contributed by atoms with Crippen molar-refractivity contribution in [3.05, 3.63) is 46.2 Å². The summed E-state index contributed by atoms with van der Waals surface area (Å²) in [7, 11) is -1.54. The fourth-order valence-corrected chi connectivity index (χ4v) is 4.90. The van der Waals surface area contributed by atoms with Gasteiger partial charge in [-0.15, -0.1) is 0 Å². The number of hydrogen-bond donors (Lipinski definition) is 0. The maximum atomic E-state index is 12.8. The molecule has 0 bridgehead atoms. The lowest BCUT2D eigenvalue weighted by Gasteiger charge is -2.34. The number of piperazine rings is 1. The van der Waals surface area contributed by atoms with Crippen LogP contribution in [0.4, 0.5) is 0 Å². The highest BCUT2D eigenvalue weighted by atomic mass is 35.5. The average molecular weight is 383 g/mol. The molecule has 1 aromatic carbocycles. The highest BCUT2D eigenvalue weighted by Crippen LogP contribution is 2.22. The van der Waals surface area contributed by atoms with E-state index in [9.17, 15) is 8.42 Å². The van der Waals surface area contributed by atoms with Gasteiger partial charge in [0.2, 0.25) is 10.0 Å². The van der Waals surface area contributed by atoms with Gasteiger partial charge in [0, 0.05) is 56.1 Å². The predicted molar refractivity (Wildman–Crippen MR) is 98.2 cm³/mol. The Kier molecular flexibility index (Phi) is 5.20. The summed E-state index contributed by atoms with van der Waals surface area (Å²) in [6.07, 6.45) is 0. The largest absolute Gasteiger partial charge is 0.296 e. The Balaban J connectivity index is 1.67. The number of hydrogen-bond acceptors (Lipinski definition) is 4. The van der Waals surface area contributed by atoms with Gasteiger partial charge in [-0.3, -0.25) is 9.58 Å². The second-order valence-corrected chi connectivity index (χ2v) is 8.78. The van der Waals surface area contributed by atoms with Gasteiger partial charge in [0.1, 0.15) is 0 Å². The van der Waals surface area contributed by atoms with Gasteiger partial charge in [0.05, 0.1) is 10.6 Å². The van der Waals surface area contributed by atoms with E-state index in [-0.39, 0.29) is 4.90 Å². The zero-order chi connectivity index (χ0) is 18.2. The topological polar surface area (TPSA) is 58.4 Å². The Morgan fingerprint density at radius 3 is 2.40 bits per heavy atom. The van der Waals surface area contributed by atoms with Gasteiger partial charge in [-0.05, 0) is 32.0 Å². The molecule has 0 spiro atoms. The SMILES string of the molecule is Cc1nn(C)c(C)c1CN1CCN(S(=O)(=O)c2cccc(Cl)c2)CC1. The molecule has 0 unspecified atom stereocenters. The molecule has 1 aromatic heterocycles. The summed E-state index contributed by atoms with van der Waals surface area (Å²) in [6.45, 7) is 7.25. The van der Waals surface area contributed by atoms with E-state index in [2.05, 4.69) is 16.9 Å². The van der Waals surface area contributed by atoms with Crippen LogP contribution in [0.15, 0.2) is 29.2 Å². The monoisotopic (exact) mass is 382 g/mol. The molecule has 0 saturated carbocycles. The molecule has 25 heavy (non-hydrogen) atoms. The van der Waals surface area contributed by atoms with E-state index < -0.39 is 10.0 Å². The molecule has 1 fully saturated rings. The molecule has 0 amide bonds. The molecule has 8 heteroatoms. The smallest absolute Gasteiger partial charge is 0.243 e. The van der Waals surface area contributed by atoms with Crippen LogP contribution in [-0.4, -0.2) is 53.6 Å². The van der Waals surface area contributed by atoms with Crippen LogP contribution in [0, 0.1) is 13.8 Å². The van der Waals surface area contributed by atoms with E-state index in [4.69, 9.17) is 11.6 Å². The fourth-order valence-electron chi connectivity index (χ4n) is 3.17. The van der Waals surface area contributed by atoms with Crippen molar-refractivity contribution in [1.82, 2.24) is 19.0 Å². The standard InChI is InChI=1S/C17H23ClN4O2S/c1-13-17(14(2)20(3)19-13)12-21-7-9-22(10-8-21)25(23,24)16-6-4-5-15(18)11-16/h4-6,11H,7-10,12H2,1-3H3. The van der Waals surface area contributed by atoms with Crippen LogP contribution in [0.2, 0.25) is 5.02 Å². The van der Waals surface area contributed by atoms with Gasteiger partial charge in [-0.25, -0.2) is 8.42 Å². The Bertz CT molecular complexity index is 871. The summed E-state index contributed by atoms with van der Waals surface area (Å²) in [5.74, 6) is 0. The van der Waals surface area contributed by atoms with Crippen molar-refractivity contribution in [3.63, 3.8) is 0 Å². The van der Waals surface area contributed by atoms with Crippen molar-refractivity contribution in [2.45, 2.75) is 25.3 Å². The molecule has 3 rings (SSSR count). The minimum atomic E-state index is -3.49. The van der Waals surface area contributed by atoms with Crippen molar-refractivity contribution in [1.29, 1.82) is 0 Å². The van der Waals surface area contributed by atoms with E-state index >= 15 is 0 Å². The third-order valence-corrected chi connectivity index (χ3v) is 6.94. The molecule has 0 atom stereocenters. The van der Waals surface area contributed by atoms with Gasteiger partial charge in [0.25, 0.3) is 0 Å². The molecule has 0 radical (unpaired) electrons. The number of nitrogens with zero attached hydrogens (tertiary/aromatic N) is 4. The second-order valence-electron chi connectivity index (χ2n) is 6.41. The first-order valence-corrected chi connectivity index (χ1v) is 10.1. The average Bonchev–Trinajstić information content (AvgIpc) is 2.82. The Labute approximate surface area is 154 Å². The maximum absolute atomic E-state index is 12.8. The van der Waals surface area contributed by atoms with Crippen molar-refractivity contribution in [2.24, 2.45) is 7.05 Å². The Morgan fingerprint density at radius 2 is 1.84 bits per heavy atom. The lowest BCUT2D eigenvalue weighted by Crippen LogP contribution is -2.48. The number of halogens is 1. The number of benzene rings is 1. The molecule has 0 aliphatic carbocycles. The van der Waals surface area contributed by atoms with Crippen LogP contribution < -0.4 is 0 Å². The normalized spacial score (nSPS) is 17.1. The van der Waals surface area contributed by atoms with Gasteiger partial charge < -0.3 is 0 Å². The summed E-state index contributed by atoms with van der Waals surface area (Å²) >= 11 is 5.94. The third-order valence-electron chi connectivity index (χ3n) is 4.81. The van der Waals surface area contributed by atoms with E-state index in [1.54, 1.807) is 18.2 Å². The molecule has 0 N–H and O–H groups in total. The minimum Gasteiger partial charge on any atom is -0.296 e. The van der Waals surface area contributed by atoms with Crippen LogP contribution in [0.25, 0.3) is 0 Å².